The van der Waals surface area contributed by atoms with Crippen LogP contribution in [-0.4, -0.2) is 0 Å². The number of para-hydroxylation sites is 3. The van der Waals surface area contributed by atoms with Crippen LogP contribution in [0.2, 0.25) is 0 Å². The normalized spacial score (nSPS) is 13.0. The van der Waals surface area contributed by atoms with Crippen molar-refractivity contribution >= 4 is 65.6 Å². The predicted molar refractivity (Wildman–Crippen MR) is 245 cm³/mol. The highest BCUT2D eigenvalue weighted by molar-refractivity contribution is 7.25. The number of nitrogens with zero attached hydrogens (tertiary/aromatic N) is 2. The van der Waals surface area contributed by atoms with E-state index in [1.807, 2.05) is 11.3 Å². The molecule has 0 N–H and O–H groups in total. The van der Waals surface area contributed by atoms with Crippen LogP contribution >= 0.6 is 11.3 Å². The van der Waals surface area contributed by atoms with Gasteiger partial charge in [0.2, 0.25) is 0 Å². The van der Waals surface area contributed by atoms with E-state index in [1.165, 1.54) is 70.4 Å². The van der Waals surface area contributed by atoms with Gasteiger partial charge in [-0.3, -0.25) is 0 Å². The molecule has 1 heterocycles. The number of benzene rings is 9. The zero-order valence-corrected chi connectivity index (χ0v) is 32.4. The number of hydrogen-bond acceptors (Lipinski definition) is 3. The summed E-state index contributed by atoms with van der Waals surface area (Å²) in [5.41, 5.74) is 17.0. The van der Waals surface area contributed by atoms with Gasteiger partial charge in [-0.15, -0.1) is 11.3 Å². The molecule has 12 rings (SSSR count). The lowest BCUT2D eigenvalue weighted by molar-refractivity contribution is 0.794. The quantitative estimate of drug-likeness (QED) is 0.167. The van der Waals surface area contributed by atoms with E-state index in [4.69, 9.17) is 0 Å². The van der Waals surface area contributed by atoms with E-state index in [1.54, 1.807) is 0 Å². The molecule has 0 saturated heterocycles. The Morgan fingerprint density at radius 1 is 0.310 bits per heavy atom. The lowest BCUT2D eigenvalue weighted by Crippen LogP contribution is -2.26. The molecular formula is C55H36N2S. The molecule has 0 bridgehead atoms. The van der Waals surface area contributed by atoms with Crippen molar-refractivity contribution in [2.75, 3.05) is 9.80 Å². The van der Waals surface area contributed by atoms with E-state index in [-0.39, 0.29) is 0 Å². The number of anilines is 6. The van der Waals surface area contributed by atoms with E-state index in [9.17, 15) is 0 Å². The molecule has 0 radical (unpaired) electrons. The van der Waals surface area contributed by atoms with Crippen LogP contribution in [0.15, 0.2) is 218 Å². The molecule has 1 spiro atoms. The molecule has 3 heteroatoms. The van der Waals surface area contributed by atoms with Gasteiger partial charge in [0.1, 0.15) is 0 Å². The second kappa shape index (κ2) is 12.9. The van der Waals surface area contributed by atoms with Gasteiger partial charge in [-0.1, -0.05) is 140 Å². The summed E-state index contributed by atoms with van der Waals surface area (Å²) in [6.07, 6.45) is 0. The van der Waals surface area contributed by atoms with Crippen LogP contribution in [0.3, 0.4) is 0 Å². The maximum atomic E-state index is 2.48. The van der Waals surface area contributed by atoms with E-state index >= 15 is 0 Å². The summed E-state index contributed by atoms with van der Waals surface area (Å²) in [6.45, 7) is 0. The van der Waals surface area contributed by atoms with Crippen molar-refractivity contribution in [3.63, 3.8) is 0 Å². The third kappa shape index (κ3) is 4.71. The first-order chi connectivity index (χ1) is 28.8. The first-order valence-electron chi connectivity index (χ1n) is 19.9. The van der Waals surface area contributed by atoms with Gasteiger partial charge in [-0.2, -0.15) is 0 Å². The fraction of sp³-hybridized carbons (Fsp3) is 0.0182. The zero-order chi connectivity index (χ0) is 38.2. The third-order valence-corrected chi connectivity index (χ3v) is 13.4. The van der Waals surface area contributed by atoms with Gasteiger partial charge in [-0.25, -0.2) is 0 Å². The van der Waals surface area contributed by atoms with Crippen LogP contribution in [-0.2, 0) is 5.41 Å². The smallest absolute Gasteiger partial charge is 0.0726 e. The maximum absolute atomic E-state index is 2.48. The molecule has 0 aliphatic heterocycles. The minimum atomic E-state index is -0.412. The minimum absolute atomic E-state index is 0.412. The summed E-state index contributed by atoms with van der Waals surface area (Å²) in [4.78, 5) is 4.83. The molecule has 10 aromatic rings. The summed E-state index contributed by atoms with van der Waals surface area (Å²) < 4.78 is 2.55. The van der Waals surface area contributed by atoms with Gasteiger partial charge in [-0.05, 0) is 118 Å². The van der Waals surface area contributed by atoms with Crippen molar-refractivity contribution in [3.8, 4) is 22.3 Å². The molecule has 2 nitrogen and oxygen atoms in total. The van der Waals surface area contributed by atoms with Crippen LogP contribution in [0.1, 0.15) is 22.3 Å². The van der Waals surface area contributed by atoms with Crippen molar-refractivity contribution < 1.29 is 0 Å². The Balaban J connectivity index is 1.09. The van der Waals surface area contributed by atoms with Crippen LogP contribution in [0.5, 0.6) is 0 Å². The monoisotopic (exact) mass is 756 g/mol. The summed E-state index contributed by atoms with van der Waals surface area (Å²) in [6, 6.07) is 80.3. The molecule has 0 unspecified atom stereocenters. The molecule has 2 aliphatic rings. The highest BCUT2D eigenvalue weighted by Gasteiger charge is 2.52. The lowest BCUT2D eigenvalue weighted by Gasteiger charge is -2.31. The topological polar surface area (TPSA) is 6.48 Å². The number of fused-ring (bicyclic) bond motifs is 13. The van der Waals surface area contributed by atoms with Gasteiger partial charge in [0.25, 0.3) is 0 Å². The van der Waals surface area contributed by atoms with E-state index < -0.39 is 5.41 Å². The number of thiophene rings is 1. The van der Waals surface area contributed by atoms with Crippen LogP contribution in [0.4, 0.5) is 34.1 Å². The molecule has 9 aromatic carbocycles. The molecule has 0 atom stereocenters. The summed E-state index contributed by atoms with van der Waals surface area (Å²) in [5, 5.41) is 2.51. The van der Waals surface area contributed by atoms with Crippen molar-refractivity contribution in [1.82, 2.24) is 0 Å². The number of rotatable bonds is 6. The summed E-state index contributed by atoms with van der Waals surface area (Å²) in [5.74, 6) is 0. The van der Waals surface area contributed by atoms with E-state index in [2.05, 4.69) is 228 Å². The largest absolute Gasteiger partial charge is 0.310 e. The fourth-order valence-corrected chi connectivity index (χ4v) is 11.0. The summed E-state index contributed by atoms with van der Waals surface area (Å²) >= 11 is 1.86. The van der Waals surface area contributed by atoms with Crippen molar-refractivity contribution in [2.45, 2.75) is 5.41 Å². The molecule has 2 aliphatic carbocycles. The first kappa shape index (κ1) is 33.0. The van der Waals surface area contributed by atoms with Crippen molar-refractivity contribution in [1.29, 1.82) is 0 Å². The van der Waals surface area contributed by atoms with Gasteiger partial charge >= 0.3 is 0 Å². The Morgan fingerprint density at radius 3 is 1.26 bits per heavy atom. The van der Waals surface area contributed by atoms with E-state index in [0.29, 0.717) is 0 Å². The minimum Gasteiger partial charge on any atom is -0.310 e. The first-order valence-corrected chi connectivity index (χ1v) is 20.8. The molecule has 0 fully saturated rings. The fourth-order valence-electron chi connectivity index (χ4n) is 9.95. The Kier molecular flexibility index (Phi) is 7.35. The average Bonchev–Trinajstić information content (AvgIpc) is 3.92. The second-order valence-electron chi connectivity index (χ2n) is 15.2. The van der Waals surface area contributed by atoms with Gasteiger partial charge in [0, 0.05) is 54.2 Å². The van der Waals surface area contributed by atoms with Crippen LogP contribution < -0.4 is 9.80 Å². The Hall–Kier alpha value is -7.20. The van der Waals surface area contributed by atoms with Crippen LogP contribution in [0.25, 0.3) is 42.4 Å². The van der Waals surface area contributed by atoms with Crippen molar-refractivity contribution in [3.05, 3.63) is 241 Å². The number of hydrogen-bond donors (Lipinski definition) is 0. The summed E-state index contributed by atoms with van der Waals surface area (Å²) in [7, 11) is 0. The molecule has 0 saturated carbocycles. The SMILES string of the molecule is c1ccc(N(c2ccccc2)c2ccc3sc4ccc(N(c5ccccc5)c5cccc6c5-c5ccccc5C65c6ccccc6-c6ccccc65)cc4c3c2)cc1. The lowest BCUT2D eigenvalue weighted by atomic mass is 9.70. The molecule has 272 valence electrons. The highest BCUT2D eigenvalue weighted by atomic mass is 32.1. The van der Waals surface area contributed by atoms with Gasteiger partial charge in [0.05, 0.1) is 11.1 Å². The highest BCUT2D eigenvalue weighted by Crippen LogP contribution is 2.64. The van der Waals surface area contributed by atoms with Crippen molar-refractivity contribution in [2.24, 2.45) is 0 Å². The average molecular weight is 757 g/mol. The van der Waals surface area contributed by atoms with Gasteiger partial charge in [0.15, 0.2) is 0 Å². The molecular weight excluding hydrogens is 721 g/mol. The van der Waals surface area contributed by atoms with Gasteiger partial charge < -0.3 is 9.80 Å². The standard InChI is InChI=1S/C55H36N2S/c1-4-17-37(18-5-1)56(38-19-6-2-7-20-38)40-31-33-52-45(35-40)46-36-41(32-34-53(46)58-52)57(39-21-8-3-9-22-39)51-30-16-29-50-54(51)44-25-12-15-28-49(44)55(50)47-26-13-10-23-42(47)43-24-11-14-27-48(43)55/h1-36H. The Morgan fingerprint density at radius 2 is 0.724 bits per heavy atom. The maximum Gasteiger partial charge on any atom is 0.0726 e. The Bertz CT molecular complexity index is 3100. The molecule has 58 heavy (non-hydrogen) atoms. The molecule has 0 amide bonds. The van der Waals surface area contributed by atoms with Crippen LogP contribution in [0, 0.1) is 0 Å². The molecule has 1 aromatic heterocycles. The van der Waals surface area contributed by atoms with E-state index in [0.717, 1.165) is 28.4 Å². The Labute approximate surface area is 342 Å². The predicted octanol–water partition coefficient (Wildman–Crippen LogP) is 15.3. The zero-order valence-electron chi connectivity index (χ0n) is 31.6. The second-order valence-corrected chi connectivity index (χ2v) is 16.3. The third-order valence-electron chi connectivity index (χ3n) is 12.2.